The fourth-order valence-electron chi connectivity index (χ4n) is 4.94. The summed E-state index contributed by atoms with van der Waals surface area (Å²) in [5.41, 5.74) is 2.04. The molecular weight excluding hydrogens is 661 g/mol. The Balaban J connectivity index is 1.71. The molecule has 260 valence electrons. The van der Waals surface area contributed by atoms with Crippen molar-refractivity contribution in [3.63, 3.8) is 0 Å². The summed E-state index contributed by atoms with van der Waals surface area (Å²) in [6, 6.07) is 15.1. The monoisotopic (exact) mass is 702 g/mol. The number of carbonyl (C=O) groups is 2. The van der Waals surface area contributed by atoms with E-state index in [-0.39, 0.29) is 60.2 Å². The zero-order chi connectivity index (χ0) is 35.6. The average Bonchev–Trinajstić information content (AvgIpc) is 3.01. The van der Waals surface area contributed by atoms with Gasteiger partial charge in [-0.05, 0) is 75.3 Å². The third kappa shape index (κ3) is 10.7. The molecule has 0 fully saturated rings. The molecule has 0 aromatic heterocycles. The Labute approximate surface area is 281 Å². The second-order valence-electron chi connectivity index (χ2n) is 12.0. The van der Waals surface area contributed by atoms with E-state index < -0.39 is 48.9 Å². The maximum absolute atomic E-state index is 13.5. The summed E-state index contributed by atoms with van der Waals surface area (Å²) in [7, 11) is -8.25. The van der Waals surface area contributed by atoms with Gasteiger partial charge in [0.05, 0.1) is 14.7 Å². The number of hydrogen-bond donors (Lipinski definition) is 3. The van der Waals surface area contributed by atoms with Crippen molar-refractivity contribution in [2.45, 2.75) is 75.3 Å². The van der Waals surface area contributed by atoms with Gasteiger partial charge < -0.3 is 10.4 Å². The van der Waals surface area contributed by atoms with Gasteiger partial charge >= 0.3 is 5.97 Å². The zero-order valence-corrected chi connectivity index (χ0v) is 29.0. The van der Waals surface area contributed by atoms with Gasteiger partial charge in [0.1, 0.15) is 12.1 Å². The molecule has 0 aliphatic rings. The highest BCUT2D eigenvalue weighted by atomic mass is 32.2. The first-order valence-corrected chi connectivity index (χ1v) is 18.3. The summed E-state index contributed by atoms with van der Waals surface area (Å²) in [5, 5.41) is 23.8. The van der Waals surface area contributed by atoms with Crippen LogP contribution in [0.2, 0.25) is 0 Å². The molecule has 0 saturated heterocycles. The number of benzene rings is 3. The van der Waals surface area contributed by atoms with Crippen LogP contribution in [0.1, 0.15) is 49.8 Å². The number of rotatable bonds is 18. The number of nitrogens with zero attached hydrogens (tertiary/aromatic N) is 2. The molecule has 15 heteroatoms. The van der Waals surface area contributed by atoms with E-state index in [9.17, 15) is 41.6 Å². The fourth-order valence-corrected chi connectivity index (χ4v) is 7.91. The van der Waals surface area contributed by atoms with Gasteiger partial charge in [-0.2, -0.15) is 9.03 Å². The SMILES string of the molecule is Cc1ccc(S(=O)(=O)N[C@@H](Cc2ccc([N+](=O)[O-])cc2)C(=O)NCCCC[C@@H](C(=O)O)N(CC(C)C)S(=O)(=O)c2ccc(C)cc2)cc1. The first-order chi connectivity index (χ1) is 22.5. The van der Waals surface area contributed by atoms with E-state index in [1.54, 1.807) is 45.0 Å². The number of carboxylic acids is 1. The molecule has 2 atom stereocenters. The summed E-state index contributed by atoms with van der Waals surface area (Å²) in [4.78, 5) is 36.1. The molecule has 0 aliphatic carbocycles. The van der Waals surface area contributed by atoms with Crippen LogP contribution in [0.25, 0.3) is 0 Å². The maximum Gasteiger partial charge on any atom is 0.322 e. The molecule has 1 amide bonds. The Hall–Kier alpha value is -4.18. The van der Waals surface area contributed by atoms with Crippen LogP contribution in [-0.2, 0) is 36.1 Å². The predicted molar refractivity (Wildman–Crippen MR) is 180 cm³/mol. The Morgan fingerprint density at radius 2 is 1.40 bits per heavy atom. The van der Waals surface area contributed by atoms with E-state index in [2.05, 4.69) is 10.0 Å². The van der Waals surface area contributed by atoms with E-state index in [0.717, 1.165) is 15.4 Å². The van der Waals surface area contributed by atoms with E-state index in [0.29, 0.717) is 5.56 Å². The highest BCUT2D eigenvalue weighted by molar-refractivity contribution is 7.89. The maximum atomic E-state index is 13.5. The number of carbonyl (C=O) groups excluding carboxylic acids is 1. The number of nitrogens with one attached hydrogen (secondary N) is 2. The van der Waals surface area contributed by atoms with Crippen LogP contribution in [0.3, 0.4) is 0 Å². The summed E-state index contributed by atoms with van der Waals surface area (Å²) in [6.07, 6.45) is 0.411. The van der Waals surface area contributed by atoms with Crippen molar-refractivity contribution in [2.24, 2.45) is 5.92 Å². The van der Waals surface area contributed by atoms with Crippen LogP contribution >= 0.6 is 0 Å². The van der Waals surface area contributed by atoms with Crippen LogP contribution in [0.4, 0.5) is 5.69 Å². The number of hydrogen-bond acceptors (Lipinski definition) is 8. The molecule has 0 bridgehead atoms. The number of nitro groups is 1. The summed E-state index contributed by atoms with van der Waals surface area (Å²) >= 11 is 0. The molecule has 0 aliphatic heterocycles. The van der Waals surface area contributed by atoms with Crippen molar-refractivity contribution >= 4 is 37.6 Å². The standard InChI is InChI=1S/C33H42N4O9S2/c1-23(2)22-36(48(45,46)29-18-10-25(4)11-19-29)31(33(39)40)7-5-6-20-34-32(38)30(21-26-12-14-27(15-13-26)37(41)42)35-47(43,44)28-16-8-24(3)9-17-28/h8-19,23,30-31,35H,5-7,20-22H2,1-4H3,(H,34,38)(H,39,40)/t30-,31-/m0/s1. The molecule has 0 radical (unpaired) electrons. The van der Waals surface area contributed by atoms with E-state index in [1.807, 2.05) is 6.92 Å². The Kier molecular flexibility index (Phi) is 13.4. The normalized spacial score (nSPS) is 13.3. The Bertz CT molecular complexity index is 1780. The van der Waals surface area contributed by atoms with Gasteiger partial charge in [-0.3, -0.25) is 19.7 Å². The molecular formula is C33H42N4O9S2. The minimum absolute atomic E-state index is 0.000541. The van der Waals surface area contributed by atoms with Gasteiger partial charge in [0, 0.05) is 25.2 Å². The zero-order valence-electron chi connectivity index (χ0n) is 27.3. The van der Waals surface area contributed by atoms with Crippen LogP contribution < -0.4 is 10.0 Å². The van der Waals surface area contributed by atoms with Gasteiger partial charge in [-0.15, -0.1) is 0 Å². The van der Waals surface area contributed by atoms with Crippen molar-refractivity contribution < 1.29 is 36.5 Å². The number of amides is 1. The number of non-ortho nitro benzene ring substituents is 1. The van der Waals surface area contributed by atoms with Gasteiger partial charge in [-0.25, -0.2) is 16.8 Å². The van der Waals surface area contributed by atoms with Crippen LogP contribution in [0.5, 0.6) is 0 Å². The number of aliphatic carboxylic acids is 1. The van der Waals surface area contributed by atoms with Crippen molar-refractivity contribution in [3.05, 3.63) is 99.6 Å². The van der Waals surface area contributed by atoms with Gasteiger partial charge in [-0.1, -0.05) is 61.4 Å². The summed E-state index contributed by atoms with van der Waals surface area (Å²) in [6.45, 7) is 7.27. The molecule has 0 saturated carbocycles. The lowest BCUT2D eigenvalue weighted by Gasteiger charge is -2.29. The molecule has 0 spiro atoms. The third-order valence-electron chi connectivity index (χ3n) is 7.54. The molecule has 3 aromatic rings. The van der Waals surface area contributed by atoms with E-state index >= 15 is 0 Å². The Morgan fingerprint density at radius 1 is 0.854 bits per heavy atom. The van der Waals surface area contributed by atoms with E-state index in [4.69, 9.17) is 0 Å². The van der Waals surface area contributed by atoms with Crippen molar-refractivity contribution in [3.8, 4) is 0 Å². The molecule has 0 unspecified atom stereocenters. The lowest BCUT2D eigenvalue weighted by molar-refractivity contribution is -0.384. The molecule has 13 nitrogen and oxygen atoms in total. The smallest absolute Gasteiger partial charge is 0.322 e. The topological polar surface area (TPSA) is 193 Å². The minimum atomic E-state index is -4.12. The molecule has 3 aromatic carbocycles. The van der Waals surface area contributed by atoms with Crippen molar-refractivity contribution in [1.82, 2.24) is 14.3 Å². The fraction of sp³-hybridized carbons (Fsp3) is 0.394. The highest BCUT2D eigenvalue weighted by Gasteiger charge is 2.36. The lowest BCUT2D eigenvalue weighted by Crippen LogP contribution is -2.48. The largest absolute Gasteiger partial charge is 0.480 e. The average molecular weight is 703 g/mol. The summed E-state index contributed by atoms with van der Waals surface area (Å²) in [5.74, 6) is -2.09. The molecule has 0 heterocycles. The number of aryl methyl sites for hydroxylation is 2. The highest BCUT2D eigenvalue weighted by Crippen LogP contribution is 2.23. The lowest BCUT2D eigenvalue weighted by atomic mass is 10.1. The van der Waals surface area contributed by atoms with Gasteiger partial charge in [0.15, 0.2) is 0 Å². The van der Waals surface area contributed by atoms with Crippen LogP contribution in [-0.4, -0.2) is 68.2 Å². The molecule has 48 heavy (non-hydrogen) atoms. The number of sulfonamides is 2. The predicted octanol–water partition coefficient (Wildman–Crippen LogP) is 4.19. The van der Waals surface area contributed by atoms with Crippen LogP contribution in [0, 0.1) is 29.9 Å². The second-order valence-corrected chi connectivity index (χ2v) is 15.6. The Morgan fingerprint density at radius 3 is 1.90 bits per heavy atom. The van der Waals surface area contributed by atoms with Crippen molar-refractivity contribution in [2.75, 3.05) is 13.1 Å². The molecule has 3 N–H and O–H groups in total. The third-order valence-corrected chi connectivity index (χ3v) is 10.9. The number of unbranched alkanes of at least 4 members (excludes halogenated alkanes) is 1. The minimum Gasteiger partial charge on any atom is -0.480 e. The van der Waals surface area contributed by atoms with Gasteiger partial charge in [0.25, 0.3) is 5.69 Å². The van der Waals surface area contributed by atoms with Crippen LogP contribution in [0.15, 0.2) is 82.6 Å². The molecule has 3 rings (SSSR count). The second kappa shape index (κ2) is 16.8. The number of carboxylic acid groups (broad SMARTS) is 1. The summed E-state index contributed by atoms with van der Waals surface area (Å²) < 4.78 is 56.8. The van der Waals surface area contributed by atoms with Crippen molar-refractivity contribution in [1.29, 1.82) is 0 Å². The van der Waals surface area contributed by atoms with Gasteiger partial charge in [0.2, 0.25) is 26.0 Å². The first-order valence-electron chi connectivity index (χ1n) is 15.4. The first kappa shape index (κ1) is 38.3. The number of nitro benzene ring substituents is 1. The quantitative estimate of drug-likeness (QED) is 0.0990. The van der Waals surface area contributed by atoms with E-state index in [1.165, 1.54) is 48.5 Å².